The van der Waals surface area contributed by atoms with Gasteiger partial charge in [0, 0.05) is 66.5 Å². The van der Waals surface area contributed by atoms with Crippen molar-refractivity contribution in [1.29, 1.82) is 0 Å². The number of aliphatic hydroxyl groups excluding tert-OH is 1. The molecule has 0 spiro atoms. The Balaban J connectivity index is 1.37. The maximum Gasteiger partial charge on any atom is 0.250 e. The van der Waals surface area contributed by atoms with Crippen molar-refractivity contribution in [3.05, 3.63) is 64.2 Å². The highest BCUT2D eigenvalue weighted by Gasteiger charge is 2.35. The van der Waals surface area contributed by atoms with Crippen molar-refractivity contribution in [2.24, 2.45) is 5.92 Å². The Bertz CT molecular complexity index is 1070. The lowest BCUT2D eigenvalue weighted by molar-refractivity contribution is 0.0627. The number of fused-ring (bicyclic) bond motifs is 5. The lowest BCUT2D eigenvalue weighted by Gasteiger charge is -2.43. The fraction of sp³-hybridized carbons (Fsp3) is 0.409. The molecule has 0 radical (unpaired) electrons. The van der Waals surface area contributed by atoms with Crippen LogP contribution >= 0.6 is 0 Å². The van der Waals surface area contributed by atoms with Crippen LogP contribution in [0, 0.1) is 5.92 Å². The molecule has 0 saturated carbocycles. The predicted molar refractivity (Wildman–Crippen MR) is 108 cm³/mol. The van der Waals surface area contributed by atoms with Gasteiger partial charge in [0.05, 0.1) is 13.2 Å². The predicted octanol–water partition coefficient (Wildman–Crippen LogP) is 2.49. The maximum absolute atomic E-state index is 12.2. The monoisotopic (exact) mass is 379 g/mol. The average molecular weight is 379 g/mol. The molecule has 2 aliphatic heterocycles. The molecule has 2 bridgehead atoms. The van der Waals surface area contributed by atoms with Crippen molar-refractivity contribution in [3.8, 4) is 5.75 Å². The largest absolute Gasteiger partial charge is 0.497 e. The Kier molecular flexibility index (Phi) is 4.25. The van der Waals surface area contributed by atoms with Gasteiger partial charge in [-0.1, -0.05) is 6.07 Å². The van der Waals surface area contributed by atoms with Crippen LogP contribution in [0.5, 0.6) is 5.75 Å². The topological polar surface area (TPSA) is 70.5 Å². The van der Waals surface area contributed by atoms with Gasteiger partial charge in [-0.15, -0.1) is 0 Å². The molecular formula is C22H25N3O3. The third-order valence-electron chi connectivity index (χ3n) is 6.27. The molecule has 0 aliphatic carbocycles. The second-order valence-electron chi connectivity index (χ2n) is 8.09. The average Bonchev–Trinajstić information content (AvgIpc) is 3.12. The Hall–Kier alpha value is -2.57. The quantitative estimate of drug-likeness (QED) is 0.731. The van der Waals surface area contributed by atoms with Gasteiger partial charge in [-0.2, -0.15) is 0 Å². The van der Waals surface area contributed by atoms with Crippen molar-refractivity contribution < 1.29 is 9.84 Å². The third kappa shape index (κ3) is 2.93. The highest BCUT2D eigenvalue weighted by molar-refractivity contribution is 5.85. The second kappa shape index (κ2) is 6.79. The van der Waals surface area contributed by atoms with E-state index < -0.39 is 6.10 Å². The van der Waals surface area contributed by atoms with E-state index in [9.17, 15) is 9.90 Å². The first kappa shape index (κ1) is 17.5. The van der Waals surface area contributed by atoms with E-state index in [2.05, 4.69) is 16.0 Å². The number of rotatable bonds is 4. The summed E-state index contributed by atoms with van der Waals surface area (Å²) in [7, 11) is 1.65. The number of methoxy groups -OCH3 is 1. The molecule has 1 saturated heterocycles. The summed E-state index contributed by atoms with van der Waals surface area (Å²) >= 11 is 0. The first-order chi connectivity index (χ1) is 13.6. The molecule has 28 heavy (non-hydrogen) atoms. The molecule has 2 N–H and O–H groups in total. The number of aliphatic hydroxyl groups is 1. The third-order valence-corrected chi connectivity index (χ3v) is 6.27. The van der Waals surface area contributed by atoms with E-state index in [4.69, 9.17) is 4.74 Å². The van der Waals surface area contributed by atoms with E-state index in [1.54, 1.807) is 13.2 Å². The molecule has 6 nitrogen and oxygen atoms in total. The summed E-state index contributed by atoms with van der Waals surface area (Å²) in [6.45, 7) is 3.17. The lowest BCUT2D eigenvalue weighted by atomic mass is 9.83. The summed E-state index contributed by atoms with van der Waals surface area (Å²) in [5.74, 6) is 1.60. The van der Waals surface area contributed by atoms with Crippen molar-refractivity contribution in [1.82, 2.24) is 14.5 Å². The van der Waals surface area contributed by atoms with Gasteiger partial charge < -0.3 is 19.4 Å². The van der Waals surface area contributed by atoms with Crippen LogP contribution in [-0.4, -0.2) is 46.3 Å². The smallest absolute Gasteiger partial charge is 0.250 e. The maximum atomic E-state index is 12.2. The fourth-order valence-corrected chi connectivity index (χ4v) is 5.01. The number of nitrogens with zero attached hydrogens (tertiary/aromatic N) is 2. The van der Waals surface area contributed by atoms with Gasteiger partial charge in [0.1, 0.15) is 5.75 Å². The molecule has 3 aromatic rings. The van der Waals surface area contributed by atoms with E-state index >= 15 is 0 Å². The minimum atomic E-state index is -0.572. The number of likely N-dealkylation sites (tertiary alicyclic amines) is 1. The van der Waals surface area contributed by atoms with Crippen LogP contribution in [0.15, 0.2) is 47.4 Å². The van der Waals surface area contributed by atoms with Crippen LogP contribution in [0.3, 0.4) is 0 Å². The number of pyridine rings is 1. The van der Waals surface area contributed by atoms with Crippen molar-refractivity contribution in [3.63, 3.8) is 0 Å². The molecule has 2 aliphatic rings. The summed E-state index contributed by atoms with van der Waals surface area (Å²) in [6, 6.07) is 11.5. The van der Waals surface area contributed by atoms with Crippen LogP contribution in [-0.2, 0) is 6.54 Å². The highest BCUT2D eigenvalue weighted by atomic mass is 16.5. The molecule has 4 heterocycles. The number of hydrogen-bond acceptors (Lipinski definition) is 4. The van der Waals surface area contributed by atoms with Crippen LogP contribution in [0.1, 0.15) is 29.7 Å². The van der Waals surface area contributed by atoms with Gasteiger partial charge in [-0.25, -0.2) is 0 Å². The first-order valence-corrected chi connectivity index (χ1v) is 9.87. The SMILES string of the molecule is COc1ccc2[nH]cc(C(O)CN3CC4CC(C3)c3cccc(=O)n3C4)c2c1. The standard InChI is InChI=1S/C22H25N3O3/c1-28-16-5-6-19-17(8-16)18(9-23-19)21(26)13-24-10-14-7-15(12-24)20-3-2-4-22(27)25(20)11-14/h2-6,8-9,14-15,21,23,26H,7,10-13H2,1H3. The Morgan fingerprint density at radius 1 is 1.25 bits per heavy atom. The second-order valence-corrected chi connectivity index (χ2v) is 8.09. The zero-order valence-electron chi connectivity index (χ0n) is 16.0. The molecule has 3 atom stereocenters. The molecule has 5 rings (SSSR count). The van der Waals surface area contributed by atoms with E-state index in [0.717, 1.165) is 54.0 Å². The molecule has 3 unspecified atom stereocenters. The Morgan fingerprint density at radius 3 is 3.00 bits per heavy atom. The van der Waals surface area contributed by atoms with Gasteiger partial charge in [0.15, 0.2) is 0 Å². The van der Waals surface area contributed by atoms with Crippen LogP contribution in [0.2, 0.25) is 0 Å². The zero-order valence-corrected chi connectivity index (χ0v) is 16.0. The van der Waals surface area contributed by atoms with Gasteiger partial charge in [-0.05, 0) is 36.6 Å². The summed E-state index contributed by atoms with van der Waals surface area (Å²) in [5, 5.41) is 12.0. The number of aromatic amines is 1. The summed E-state index contributed by atoms with van der Waals surface area (Å²) in [5.41, 5.74) is 3.15. The minimum absolute atomic E-state index is 0.105. The molecule has 1 fully saturated rings. The van der Waals surface area contributed by atoms with Crippen LogP contribution < -0.4 is 10.3 Å². The number of piperidine rings is 1. The molecule has 1 aromatic carbocycles. The zero-order chi connectivity index (χ0) is 19.3. The molecule has 2 aromatic heterocycles. The number of ether oxygens (including phenoxy) is 1. The van der Waals surface area contributed by atoms with Crippen molar-refractivity contribution >= 4 is 10.9 Å². The minimum Gasteiger partial charge on any atom is -0.497 e. The van der Waals surface area contributed by atoms with Gasteiger partial charge in [0.2, 0.25) is 0 Å². The molecule has 6 heteroatoms. The molecule has 146 valence electrons. The molecule has 0 amide bonds. The number of hydrogen-bond donors (Lipinski definition) is 2. The number of aromatic nitrogens is 2. The van der Waals surface area contributed by atoms with Crippen molar-refractivity contribution in [2.45, 2.75) is 25.0 Å². The number of β-amino-alcohol motifs (C(OH)–C–C–N with tert-alkyl or cyclic N) is 1. The number of nitrogens with one attached hydrogen (secondary N) is 1. The van der Waals surface area contributed by atoms with Gasteiger partial charge in [0.25, 0.3) is 5.56 Å². The fourth-order valence-electron chi connectivity index (χ4n) is 5.01. The Labute approximate surface area is 163 Å². The van der Waals surface area contributed by atoms with Crippen LogP contribution in [0.4, 0.5) is 0 Å². The van der Waals surface area contributed by atoms with Gasteiger partial charge in [-0.3, -0.25) is 9.69 Å². The van der Waals surface area contributed by atoms with E-state index in [0.29, 0.717) is 18.4 Å². The molecular weight excluding hydrogens is 354 g/mol. The number of H-pyrrole nitrogens is 1. The summed E-state index contributed by atoms with van der Waals surface area (Å²) in [4.78, 5) is 17.8. The van der Waals surface area contributed by atoms with Gasteiger partial charge >= 0.3 is 0 Å². The summed E-state index contributed by atoms with van der Waals surface area (Å²) in [6.07, 6.45) is 2.45. The van der Waals surface area contributed by atoms with E-state index in [1.165, 1.54) is 0 Å². The van der Waals surface area contributed by atoms with E-state index in [-0.39, 0.29) is 5.56 Å². The van der Waals surface area contributed by atoms with Crippen LogP contribution in [0.25, 0.3) is 10.9 Å². The lowest BCUT2D eigenvalue weighted by Crippen LogP contribution is -2.48. The Morgan fingerprint density at radius 2 is 2.14 bits per heavy atom. The van der Waals surface area contributed by atoms with E-state index in [1.807, 2.05) is 35.0 Å². The number of benzene rings is 1. The first-order valence-electron chi connectivity index (χ1n) is 9.87. The summed E-state index contributed by atoms with van der Waals surface area (Å²) < 4.78 is 7.28. The van der Waals surface area contributed by atoms with Crippen molar-refractivity contribution in [2.75, 3.05) is 26.7 Å². The normalized spacial score (nSPS) is 22.8. The highest BCUT2D eigenvalue weighted by Crippen LogP contribution is 2.36.